The summed E-state index contributed by atoms with van der Waals surface area (Å²) in [5.74, 6) is -2.39. The first-order chi connectivity index (χ1) is 9.29. The zero-order valence-electron chi connectivity index (χ0n) is 10.1. The van der Waals surface area contributed by atoms with Gasteiger partial charge in [0, 0.05) is 12.1 Å². The maximum Gasteiger partial charge on any atom is 0.434 e. The minimum absolute atomic E-state index is 0.0876. The highest BCUT2D eigenvalue weighted by Gasteiger charge is 2.38. The van der Waals surface area contributed by atoms with Crippen molar-refractivity contribution in [1.82, 2.24) is 15.3 Å². The quantitative estimate of drug-likeness (QED) is 0.869. The van der Waals surface area contributed by atoms with Crippen LogP contribution in [0.15, 0.2) is 6.20 Å². The van der Waals surface area contributed by atoms with Crippen molar-refractivity contribution in [3.05, 3.63) is 23.3 Å². The molecular weight excluding hydrogens is 279 g/mol. The topological polar surface area (TPSA) is 92.2 Å². The fourth-order valence-corrected chi connectivity index (χ4v) is 1.53. The second kappa shape index (κ2) is 5.06. The van der Waals surface area contributed by atoms with Crippen LogP contribution in [0.5, 0.6) is 0 Å². The third-order valence-corrected chi connectivity index (χ3v) is 2.71. The van der Waals surface area contributed by atoms with E-state index in [0.29, 0.717) is 6.20 Å². The molecule has 20 heavy (non-hydrogen) atoms. The highest BCUT2D eigenvalue weighted by atomic mass is 19.4. The minimum atomic E-state index is -4.90. The summed E-state index contributed by atoms with van der Waals surface area (Å²) >= 11 is 0. The standard InChI is InChI=1S/C11H10F3N3O3/c12-11(13,14)8-6(10(19)20)3-15-7(17-8)4-16-9(18)5-1-2-5/h3,5H,1-2,4H2,(H,16,18)(H,19,20). The number of halogens is 3. The Morgan fingerprint density at radius 2 is 2.05 bits per heavy atom. The second-order valence-electron chi connectivity index (χ2n) is 4.34. The van der Waals surface area contributed by atoms with E-state index >= 15 is 0 Å². The summed E-state index contributed by atoms with van der Waals surface area (Å²) in [4.78, 5) is 28.8. The molecule has 6 nitrogen and oxygen atoms in total. The van der Waals surface area contributed by atoms with Gasteiger partial charge in [0.05, 0.1) is 6.54 Å². The number of rotatable bonds is 4. The zero-order chi connectivity index (χ0) is 14.9. The van der Waals surface area contributed by atoms with Crippen LogP contribution >= 0.6 is 0 Å². The van der Waals surface area contributed by atoms with Gasteiger partial charge < -0.3 is 10.4 Å². The number of alkyl halides is 3. The number of carbonyl (C=O) groups is 2. The van der Waals surface area contributed by atoms with Gasteiger partial charge in [0.15, 0.2) is 5.69 Å². The minimum Gasteiger partial charge on any atom is -0.478 e. The van der Waals surface area contributed by atoms with E-state index < -0.39 is 23.4 Å². The van der Waals surface area contributed by atoms with Gasteiger partial charge in [-0.15, -0.1) is 0 Å². The first-order valence-corrected chi connectivity index (χ1v) is 5.73. The van der Waals surface area contributed by atoms with Crippen LogP contribution < -0.4 is 5.32 Å². The van der Waals surface area contributed by atoms with E-state index in [2.05, 4.69) is 15.3 Å². The number of nitrogens with one attached hydrogen (secondary N) is 1. The van der Waals surface area contributed by atoms with Crippen molar-refractivity contribution in [2.75, 3.05) is 0 Å². The van der Waals surface area contributed by atoms with Crippen LogP contribution in [0.2, 0.25) is 0 Å². The van der Waals surface area contributed by atoms with Crippen LogP contribution in [0.3, 0.4) is 0 Å². The molecule has 1 fully saturated rings. The average Bonchev–Trinajstić information content (AvgIpc) is 3.18. The Labute approximate surface area is 111 Å². The van der Waals surface area contributed by atoms with Crippen molar-refractivity contribution < 1.29 is 27.9 Å². The number of carboxylic acids is 1. The Morgan fingerprint density at radius 1 is 1.40 bits per heavy atom. The number of amides is 1. The SMILES string of the molecule is O=C(O)c1cnc(CNC(=O)C2CC2)nc1C(F)(F)F. The van der Waals surface area contributed by atoms with Crippen LogP contribution in [0, 0.1) is 5.92 Å². The normalized spacial score (nSPS) is 14.9. The monoisotopic (exact) mass is 289 g/mol. The van der Waals surface area contributed by atoms with Crippen LogP contribution in [0.4, 0.5) is 13.2 Å². The van der Waals surface area contributed by atoms with E-state index in [1.165, 1.54) is 0 Å². The van der Waals surface area contributed by atoms with Gasteiger partial charge in [-0.2, -0.15) is 13.2 Å². The van der Waals surface area contributed by atoms with E-state index in [9.17, 15) is 22.8 Å². The number of carboxylic acid groups (broad SMARTS) is 1. The lowest BCUT2D eigenvalue weighted by molar-refractivity contribution is -0.141. The second-order valence-corrected chi connectivity index (χ2v) is 4.34. The van der Waals surface area contributed by atoms with Crippen LogP contribution in [0.1, 0.15) is 34.7 Å². The van der Waals surface area contributed by atoms with E-state index in [4.69, 9.17) is 5.11 Å². The Hall–Kier alpha value is -2.19. The van der Waals surface area contributed by atoms with Crippen molar-refractivity contribution in [2.24, 2.45) is 5.92 Å². The molecule has 1 aliphatic rings. The molecule has 1 aromatic heterocycles. The lowest BCUT2D eigenvalue weighted by Gasteiger charge is -2.10. The van der Waals surface area contributed by atoms with Gasteiger partial charge in [0.25, 0.3) is 0 Å². The number of carbonyl (C=O) groups excluding carboxylic acids is 1. The molecule has 0 saturated heterocycles. The van der Waals surface area contributed by atoms with Crippen LogP contribution in [-0.4, -0.2) is 27.0 Å². The lowest BCUT2D eigenvalue weighted by atomic mass is 10.2. The molecule has 9 heteroatoms. The molecule has 1 aromatic rings. The number of hydrogen-bond acceptors (Lipinski definition) is 4. The molecule has 0 bridgehead atoms. The molecule has 0 unspecified atom stereocenters. The summed E-state index contributed by atoms with van der Waals surface area (Å²) in [7, 11) is 0. The summed E-state index contributed by atoms with van der Waals surface area (Å²) < 4.78 is 38.1. The molecule has 2 rings (SSSR count). The largest absolute Gasteiger partial charge is 0.478 e. The predicted octanol–water partition coefficient (Wildman–Crippen LogP) is 1.22. The molecule has 0 aliphatic heterocycles. The first kappa shape index (κ1) is 14.2. The molecule has 1 amide bonds. The van der Waals surface area contributed by atoms with Gasteiger partial charge in [-0.1, -0.05) is 0 Å². The van der Waals surface area contributed by atoms with Gasteiger partial charge in [-0.25, -0.2) is 14.8 Å². The van der Waals surface area contributed by atoms with Gasteiger partial charge >= 0.3 is 12.1 Å². The fraction of sp³-hybridized carbons (Fsp3) is 0.455. The fourth-order valence-electron chi connectivity index (χ4n) is 1.53. The Balaban J connectivity index is 2.18. The summed E-state index contributed by atoms with van der Waals surface area (Å²) in [5, 5.41) is 11.1. The Morgan fingerprint density at radius 3 is 2.55 bits per heavy atom. The van der Waals surface area contributed by atoms with Gasteiger partial charge in [0.2, 0.25) is 5.91 Å². The van der Waals surface area contributed by atoms with Crippen molar-refractivity contribution >= 4 is 11.9 Å². The van der Waals surface area contributed by atoms with Gasteiger partial charge in [0.1, 0.15) is 11.4 Å². The summed E-state index contributed by atoms with van der Waals surface area (Å²) in [5.41, 5.74) is -2.54. The zero-order valence-corrected chi connectivity index (χ0v) is 10.1. The van der Waals surface area contributed by atoms with Gasteiger partial charge in [-0.05, 0) is 12.8 Å². The maximum absolute atomic E-state index is 12.7. The Bertz CT molecular complexity index is 556. The highest BCUT2D eigenvalue weighted by Crippen LogP contribution is 2.30. The van der Waals surface area contributed by atoms with Crippen molar-refractivity contribution in [3.8, 4) is 0 Å². The molecule has 1 heterocycles. The van der Waals surface area contributed by atoms with Crippen LogP contribution in [-0.2, 0) is 17.5 Å². The van der Waals surface area contributed by atoms with Gasteiger partial charge in [-0.3, -0.25) is 4.79 Å². The van der Waals surface area contributed by atoms with Crippen molar-refractivity contribution in [2.45, 2.75) is 25.6 Å². The third kappa shape index (κ3) is 3.22. The van der Waals surface area contributed by atoms with Crippen molar-refractivity contribution in [3.63, 3.8) is 0 Å². The summed E-state index contributed by atoms with van der Waals surface area (Å²) in [6.45, 7) is -0.266. The summed E-state index contributed by atoms with van der Waals surface area (Å²) in [6, 6.07) is 0. The average molecular weight is 289 g/mol. The molecular formula is C11H10F3N3O3. The van der Waals surface area contributed by atoms with Crippen LogP contribution in [0.25, 0.3) is 0 Å². The number of hydrogen-bond donors (Lipinski definition) is 2. The predicted molar refractivity (Wildman–Crippen MR) is 58.6 cm³/mol. The number of aromatic carboxylic acids is 1. The molecule has 0 radical (unpaired) electrons. The molecule has 1 saturated carbocycles. The molecule has 1 aliphatic carbocycles. The number of aromatic nitrogens is 2. The first-order valence-electron chi connectivity index (χ1n) is 5.73. The molecule has 0 spiro atoms. The van der Waals surface area contributed by atoms with E-state index in [0.717, 1.165) is 12.8 Å². The van der Waals surface area contributed by atoms with E-state index in [1.54, 1.807) is 0 Å². The lowest BCUT2D eigenvalue weighted by Crippen LogP contribution is -2.26. The molecule has 108 valence electrons. The highest BCUT2D eigenvalue weighted by molar-refractivity contribution is 5.88. The number of nitrogens with zero attached hydrogens (tertiary/aromatic N) is 2. The smallest absolute Gasteiger partial charge is 0.434 e. The van der Waals surface area contributed by atoms with E-state index in [-0.39, 0.29) is 24.2 Å². The van der Waals surface area contributed by atoms with Crippen molar-refractivity contribution in [1.29, 1.82) is 0 Å². The molecule has 0 atom stereocenters. The van der Waals surface area contributed by atoms with E-state index in [1.807, 2.05) is 0 Å². The third-order valence-electron chi connectivity index (χ3n) is 2.71. The molecule has 0 aromatic carbocycles. The molecule has 2 N–H and O–H groups in total. The maximum atomic E-state index is 12.7. The Kier molecular flexibility index (Phi) is 3.60. The summed E-state index contributed by atoms with van der Waals surface area (Å²) in [6.07, 6.45) is -2.78.